The zero-order chi connectivity index (χ0) is 18.3. The van der Waals surface area contributed by atoms with Crippen LogP contribution in [-0.4, -0.2) is 29.7 Å². The molecule has 8 nitrogen and oxygen atoms in total. The third-order valence-corrected chi connectivity index (χ3v) is 3.16. The maximum Gasteiger partial charge on any atom is 0.405 e. The Labute approximate surface area is 141 Å². The number of hydrogen-bond acceptors (Lipinski definition) is 6. The molecular formula is C16H22N4O4. The van der Waals surface area contributed by atoms with Crippen LogP contribution in [0.25, 0.3) is 0 Å². The number of nitrogens with two attached hydrogens (primary N) is 1. The topological polar surface area (TPSA) is 122 Å². The highest BCUT2D eigenvalue weighted by molar-refractivity contribution is 5.65. The molecule has 1 fully saturated rings. The van der Waals surface area contributed by atoms with Crippen molar-refractivity contribution in [2.24, 2.45) is 5.73 Å². The lowest BCUT2D eigenvalue weighted by Gasteiger charge is -2.18. The second-order valence-electron chi connectivity index (χ2n) is 6.30. The molecule has 1 amide bonds. The summed E-state index contributed by atoms with van der Waals surface area (Å²) in [6, 6.07) is 6.48. The Morgan fingerprint density at radius 1 is 1.38 bits per heavy atom. The lowest BCUT2D eigenvalue weighted by Crippen LogP contribution is -2.27. The van der Waals surface area contributed by atoms with E-state index in [1.807, 2.05) is 6.07 Å². The number of nitrogens with zero attached hydrogens (tertiary/aromatic N) is 3. The number of amides is 1. The first-order chi connectivity index (χ1) is 11.1. The molecule has 0 spiro atoms. The number of carbonyl (C=O) groups is 1. The highest BCUT2D eigenvalue weighted by atomic mass is 16.6. The maximum absolute atomic E-state index is 10.6. The smallest absolute Gasteiger partial charge is 0.405 e. The quantitative estimate of drug-likeness (QED) is 0.655. The first kappa shape index (κ1) is 19.2. The minimum absolute atomic E-state index is 0.0282. The number of ether oxygens (including phenoxy) is 1. The summed E-state index contributed by atoms with van der Waals surface area (Å²) in [5.74, 6) is 0. The normalized spacial score (nSPS) is 13.5. The number of rotatable bonds is 2. The molecule has 24 heavy (non-hydrogen) atoms. The van der Waals surface area contributed by atoms with E-state index in [1.165, 1.54) is 12.1 Å². The molecule has 1 aromatic rings. The minimum atomic E-state index is -0.725. The Balaban J connectivity index is 0.000000307. The van der Waals surface area contributed by atoms with Crippen LogP contribution >= 0.6 is 0 Å². The zero-order valence-electron chi connectivity index (χ0n) is 14.1. The molecule has 8 heteroatoms. The van der Waals surface area contributed by atoms with Crippen LogP contribution in [0.15, 0.2) is 18.2 Å². The van der Waals surface area contributed by atoms with Crippen molar-refractivity contribution in [2.75, 3.05) is 18.0 Å². The summed E-state index contributed by atoms with van der Waals surface area (Å²) in [5.41, 5.74) is 5.43. The van der Waals surface area contributed by atoms with E-state index in [9.17, 15) is 14.9 Å². The number of nitro benzene ring substituents is 1. The largest absolute Gasteiger partial charge is 0.444 e. The number of benzene rings is 1. The molecule has 1 aromatic carbocycles. The van der Waals surface area contributed by atoms with E-state index in [2.05, 4.69) is 9.64 Å². The molecule has 1 heterocycles. The molecule has 130 valence electrons. The first-order valence-corrected chi connectivity index (χ1v) is 7.56. The van der Waals surface area contributed by atoms with Crippen molar-refractivity contribution in [2.45, 2.75) is 39.2 Å². The Morgan fingerprint density at radius 2 is 1.96 bits per heavy atom. The Bertz CT molecular complexity index is 640. The summed E-state index contributed by atoms with van der Waals surface area (Å²) in [6.07, 6.45) is 1.50. The monoisotopic (exact) mass is 334 g/mol. The Kier molecular flexibility index (Phi) is 6.53. The predicted molar refractivity (Wildman–Crippen MR) is 89.7 cm³/mol. The van der Waals surface area contributed by atoms with Crippen molar-refractivity contribution >= 4 is 17.5 Å². The maximum atomic E-state index is 10.6. The van der Waals surface area contributed by atoms with E-state index < -0.39 is 16.6 Å². The molecular weight excluding hydrogens is 312 g/mol. The van der Waals surface area contributed by atoms with E-state index in [0.717, 1.165) is 31.6 Å². The fourth-order valence-corrected chi connectivity index (χ4v) is 2.26. The highest BCUT2D eigenvalue weighted by Crippen LogP contribution is 2.27. The van der Waals surface area contributed by atoms with Crippen molar-refractivity contribution in [3.05, 3.63) is 33.9 Å². The van der Waals surface area contributed by atoms with Gasteiger partial charge in [0.25, 0.3) is 5.69 Å². The Hall–Kier alpha value is -2.82. The standard InChI is InChI=1S/C11H11N3O2.C5H11NO2/c12-8-9-7-10(14(15)16)3-4-11(9)13-5-1-2-6-13;1-5(2,3)8-4(6)7/h3-4,7H,1-2,5-6H2;1-3H3,(H2,6,7). The van der Waals surface area contributed by atoms with E-state index in [4.69, 9.17) is 11.0 Å². The van der Waals surface area contributed by atoms with Crippen molar-refractivity contribution in [1.29, 1.82) is 5.26 Å². The van der Waals surface area contributed by atoms with Gasteiger partial charge in [-0.25, -0.2) is 4.79 Å². The molecule has 2 N–H and O–H groups in total. The third-order valence-electron chi connectivity index (χ3n) is 3.16. The molecule has 0 atom stereocenters. The number of nitriles is 1. The van der Waals surface area contributed by atoms with Crippen LogP contribution in [-0.2, 0) is 4.74 Å². The summed E-state index contributed by atoms with van der Waals surface area (Å²) >= 11 is 0. The van der Waals surface area contributed by atoms with Crippen molar-refractivity contribution < 1.29 is 14.5 Å². The van der Waals surface area contributed by atoms with Gasteiger partial charge in [-0.1, -0.05) is 0 Å². The predicted octanol–water partition coefficient (Wildman–Crippen LogP) is 2.95. The summed E-state index contributed by atoms with van der Waals surface area (Å²) in [6.45, 7) is 7.13. The van der Waals surface area contributed by atoms with Gasteiger partial charge in [0.1, 0.15) is 11.7 Å². The number of carbonyl (C=O) groups excluding carboxylic acids is 1. The van der Waals surface area contributed by atoms with E-state index in [-0.39, 0.29) is 5.69 Å². The summed E-state index contributed by atoms with van der Waals surface area (Å²) in [5, 5.41) is 19.6. The average molecular weight is 334 g/mol. The molecule has 0 aromatic heterocycles. The van der Waals surface area contributed by atoms with Crippen LogP contribution in [0.5, 0.6) is 0 Å². The fraction of sp³-hybridized carbons (Fsp3) is 0.500. The molecule has 1 aliphatic heterocycles. The first-order valence-electron chi connectivity index (χ1n) is 7.56. The summed E-state index contributed by atoms with van der Waals surface area (Å²) in [7, 11) is 0. The van der Waals surface area contributed by atoms with Crippen LogP contribution in [0.3, 0.4) is 0 Å². The number of nitro groups is 1. The Morgan fingerprint density at radius 3 is 2.33 bits per heavy atom. The SMILES string of the molecule is CC(C)(C)OC(N)=O.N#Cc1cc([N+](=O)[O-])ccc1N1CCCC1. The van der Waals surface area contributed by atoms with Crippen molar-refractivity contribution in [3.8, 4) is 6.07 Å². The average Bonchev–Trinajstić information content (AvgIpc) is 2.98. The molecule has 0 aliphatic carbocycles. The van der Waals surface area contributed by atoms with Crippen LogP contribution < -0.4 is 10.6 Å². The van der Waals surface area contributed by atoms with Gasteiger partial charge in [0.05, 0.1) is 16.2 Å². The van der Waals surface area contributed by atoms with E-state index in [1.54, 1.807) is 26.8 Å². The lowest BCUT2D eigenvalue weighted by atomic mass is 10.1. The second-order valence-corrected chi connectivity index (χ2v) is 6.30. The van der Waals surface area contributed by atoms with Crippen molar-refractivity contribution in [3.63, 3.8) is 0 Å². The number of primary amides is 1. The number of anilines is 1. The van der Waals surface area contributed by atoms with E-state index >= 15 is 0 Å². The fourth-order valence-electron chi connectivity index (χ4n) is 2.26. The van der Waals surface area contributed by atoms with Gasteiger partial charge in [0, 0.05) is 25.2 Å². The number of non-ortho nitro benzene ring substituents is 1. The molecule has 0 radical (unpaired) electrons. The van der Waals surface area contributed by atoms with Gasteiger partial charge in [-0.3, -0.25) is 10.1 Å². The van der Waals surface area contributed by atoms with E-state index in [0.29, 0.717) is 5.56 Å². The van der Waals surface area contributed by atoms with Gasteiger partial charge in [-0.15, -0.1) is 0 Å². The second kappa shape index (κ2) is 8.15. The summed E-state index contributed by atoms with van der Waals surface area (Å²) < 4.78 is 4.58. The molecule has 2 rings (SSSR count). The van der Waals surface area contributed by atoms with Crippen LogP contribution in [0.4, 0.5) is 16.2 Å². The molecule has 0 bridgehead atoms. The van der Waals surface area contributed by atoms with Gasteiger partial charge < -0.3 is 15.4 Å². The molecule has 0 unspecified atom stereocenters. The van der Waals surface area contributed by atoms with Gasteiger partial charge >= 0.3 is 6.09 Å². The molecule has 1 saturated heterocycles. The van der Waals surface area contributed by atoms with Gasteiger partial charge in [-0.05, 0) is 39.7 Å². The zero-order valence-corrected chi connectivity index (χ0v) is 14.1. The highest BCUT2D eigenvalue weighted by Gasteiger charge is 2.18. The van der Waals surface area contributed by atoms with Crippen molar-refractivity contribution in [1.82, 2.24) is 0 Å². The molecule has 1 aliphatic rings. The van der Waals surface area contributed by atoms with Gasteiger partial charge in [0.2, 0.25) is 0 Å². The van der Waals surface area contributed by atoms with Crippen LogP contribution in [0.1, 0.15) is 39.2 Å². The van der Waals surface area contributed by atoms with Gasteiger partial charge in [0.15, 0.2) is 0 Å². The minimum Gasteiger partial charge on any atom is -0.444 e. The molecule has 0 saturated carbocycles. The summed E-state index contributed by atoms with van der Waals surface area (Å²) in [4.78, 5) is 22.2. The van der Waals surface area contributed by atoms with Crippen LogP contribution in [0.2, 0.25) is 0 Å². The third kappa shape index (κ3) is 6.12. The number of hydrogen-bond donors (Lipinski definition) is 1. The lowest BCUT2D eigenvalue weighted by molar-refractivity contribution is -0.384. The van der Waals surface area contributed by atoms with Crippen LogP contribution in [0, 0.1) is 21.4 Å². The van der Waals surface area contributed by atoms with Gasteiger partial charge in [-0.2, -0.15) is 5.26 Å².